The number of ether oxygens (including phenoxy) is 1. The van der Waals surface area contributed by atoms with Gasteiger partial charge >= 0.3 is 0 Å². The lowest BCUT2D eigenvalue weighted by molar-refractivity contribution is 0.0398. The molecule has 0 amide bonds. The summed E-state index contributed by atoms with van der Waals surface area (Å²) < 4.78 is 5.35. The van der Waals surface area contributed by atoms with Crippen LogP contribution in [-0.4, -0.2) is 54.3 Å². The van der Waals surface area contributed by atoms with Crippen LogP contribution in [0.25, 0.3) is 0 Å². The number of hydrogen-bond acceptors (Lipinski definition) is 6. The second kappa shape index (κ2) is 8.28. The number of halogens is 1. The summed E-state index contributed by atoms with van der Waals surface area (Å²) in [7, 11) is 0. The van der Waals surface area contributed by atoms with E-state index >= 15 is 0 Å². The van der Waals surface area contributed by atoms with E-state index in [4.69, 9.17) is 16.3 Å². The second-order valence-electron chi connectivity index (χ2n) is 5.68. The summed E-state index contributed by atoms with van der Waals surface area (Å²) in [5, 5.41) is 7.29. The highest BCUT2D eigenvalue weighted by Crippen LogP contribution is 2.25. The van der Waals surface area contributed by atoms with E-state index in [1.54, 1.807) is 6.20 Å². The Balaban J connectivity index is 1.56. The SMILES string of the molecule is Cc1c(Cl)cccc1Nc1nccc(NCCN2CCOCC2)n1. The summed E-state index contributed by atoms with van der Waals surface area (Å²) in [6, 6.07) is 7.60. The van der Waals surface area contributed by atoms with Crippen LogP contribution in [0.4, 0.5) is 17.5 Å². The van der Waals surface area contributed by atoms with E-state index in [1.165, 1.54) is 0 Å². The van der Waals surface area contributed by atoms with Gasteiger partial charge in [0.2, 0.25) is 5.95 Å². The largest absolute Gasteiger partial charge is 0.379 e. The van der Waals surface area contributed by atoms with Crippen molar-refractivity contribution in [3.63, 3.8) is 0 Å². The van der Waals surface area contributed by atoms with Crippen molar-refractivity contribution in [3.05, 3.63) is 41.0 Å². The van der Waals surface area contributed by atoms with Crippen LogP contribution >= 0.6 is 11.6 Å². The molecule has 0 aliphatic carbocycles. The van der Waals surface area contributed by atoms with Crippen molar-refractivity contribution in [2.45, 2.75) is 6.92 Å². The van der Waals surface area contributed by atoms with E-state index in [2.05, 4.69) is 25.5 Å². The minimum Gasteiger partial charge on any atom is -0.379 e. The molecule has 0 unspecified atom stereocenters. The third-order valence-corrected chi connectivity index (χ3v) is 4.42. The third-order valence-electron chi connectivity index (χ3n) is 4.01. The van der Waals surface area contributed by atoms with Crippen molar-refractivity contribution in [2.24, 2.45) is 0 Å². The maximum atomic E-state index is 6.15. The zero-order valence-corrected chi connectivity index (χ0v) is 14.5. The molecule has 0 saturated carbocycles. The predicted molar refractivity (Wildman–Crippen MR) is 97.3 cm³/mol. The number of benzene rings is 1. The summed E-state index contributed by atoms with van der Waals surface area (Å²) in [4.78, 5) is 11.2. The van der Waals surface area contributed by atoms with Crippen molar-refractivity contribution in [2.75, 3.05) is 50.0 Å². The Morgan fingerprint density at radius 2 is 2.08 bits per heavy atom. The molecule has 0 radical (unpaired) electrons. The van der Waals surface area contributed by atoms with Crippen LogP contribution in [0.3, 0.4) is 0 Å². The van der Waals surface area contributed by atoms with Crippen molar-refractivity contribution < 1.29 is 4.74 Å². The third kappa shape index (κ3) is 4.56. The molecular weight excluding hydrogens is 326 g/mol. The Morgan fingerprint density at radius 1 is 1.25 bits per heavy atom. The molecule has 24 heavy (non-hydrogen) atoms. The molecule has 1 aliphatic heterocycles. The molecule has 0 bridgehead atoms. The smallest absolute Gasteiger partial charge is 0.229 e. The molecule has 1 fully saturated rings. The van der Waals surface area contributed by atoms with E-state index in [9.17, 15) is 0 Å². The molecular formula is C17H22ClN5O. The van der Waals surface area contributed by atoms with Crippen molar-refractivity contribution >= 4 is 29.1 Å². The van der Waals surface area contributed by atoms with Gasteiger partial charge < -0.3 is 15.4 Å². The number of nitrogens with zero attached hydrogens (tertiary/aromatic N) is 3. The van der Waals surface area contributed by atoms with Gasteiger partial charge in [-0.3, -0.25) is 4.90 Å². The van der Waals surface area contributed by atoms with Crippen LogP contribution in [0.5, 0.6) is 0 Å². The van der Waals surface area contributed by atoms with Gasteiger partial charge in [-0.15, -0.1) is 0 Å². The topological polar surface area (TPSA) is 62.3 Å². The molecule has 2 N–H and O–H groups in total. The summed E-state index contributed by atoms with van der Waals surface area (Å²) >= 11 is 6.15. The van der Waals surface area contributed by atoms with Gasteiger partial charge in [-0.05, 0) is 30.7 Å². The first-order valence-electron chi connectivity index (χ1n) is 8.11. The molecule has 1 aliphatic rings. The van der Waals surface area contributed by atoms with E-state index in [-0.39, 0.29) is 0 Å². The normalized spacial score (nSPS) is 15.2. The van der Waals surface area contributed by atoms with E-state index in [0.717, 1.165) is 61.5 Å². The lowest BCUT2D eigenvalue weighted by Gasteiger charge is -2.26. The minimum absolute atomic E-state index is 0.553. The number of morpholine rings is 1. The van der Waals surface area contributed by atoms with Gasteiger partial charge in [0.05, 0.1) is 13.2 Å². The summed E-state index contributed by atoms with van der Waals surface area (Å²) in [6.07, 6.45) is 1.74. The fourth-order valence-corrected chi connectivity index (χ4v) is 2.72. The van der Waals surface area contributed by atoms with Crippen LogP contribution < -0.4 is 10.6 Å². The second-order valence-corrected chi connectivity index (χ2v) is 6.09. The number of hydrogen-bond donors (Lipinski definition) is 2. The summed E-state index contributed by atoms with van der Waals surface area (Å²) in [6.45, 7) is 7.41. The summed E-state index contributed by atoms with van der Waals surface area (Å²) in [5.41, 5.74) is 1.89. The Labute approximate surface area is 147 Å². The highest BCUT2D eigenvalue weighted by molar-refractivity contribution is 6.31. The fourth-order valence-electron chi connectivity index (χ4n) is 2.55. The van der Waals surface area contributed by atoms with Crippen LogP contribution in [0.15, 0.2) is 30.5 Å². The van der Waals surface area contributed by atoms with Crippen molar-refractivity contribution in [1.29, 1.82) is 0 Å². The molecule has 0 atom stereocenters. The number of anilines is 3. The minimum atomic E-state index is 0.553. The van der Waals surface area contributed by atoms with Crippen molar-refractivity contribution in [3.8, 4) is 0 Å². The van der Waals surface area contributed by atoms with E-state index in [1.807, 2.05) is 31.2 Å². The van der Waals surface area contributed by atoms with Gasteiger partial charge in [0.1, 0.15) is 5.82 Å². The highest BCUT2D eigenvalue weighted by atomic mass is 35.5. The zero-order chi connectivity index (χ0) is 16.8. The molecule has 3 rings (SSSR count). The summed E-state index contributed by atoms with van der Waals surface area (Å²) in [5.74, 6) is 1.36. The standard InChI is InChI=1S/C17H22ClN5O/c1-13-14(18)3-2-4-15(13)21-17-20-6-5-16(22-17)19-7-8-23-9-11-24-12-10-23/h2-6H,7-12H2,1H3,(H2,19,20,21,22). The maximum absolute atomic E-state index is 6.15. The van der Waals surface area contributed by atoms with Gasteiger partial charge in [-0.25, -0.2) is 4.98 Å². The van der Waals surface area contributed by atoms with Gasteiger partial charge in [-0.1, -0.05) is 17.7 Å². The Hall–Kier alpha value is -1.89. The van der Waals surface area contributed by atoms with Crippen LogP contribution in [0.2, 0.25) is 5.02 Å². The van der Waals surface area contributed by atoms with Crippen LogP contribution in [0.1, 0.15) is 5.56 Å². The lowest BCUT2D eigenvalue weighted by Crippen LogP contribution is -2.39. The number of rotatable bonds is 6. The molecule has 1 aromatic heterocycles. The molecule has 6 nitrogen and oxygen atoms in total. The van der Waals surface area contributed by atoms with Gasteiger partial charge in [0.15, 0.2) is 0 Å². The van der Waals surface area contributed by atoms with Gasteiger partial charge in [-0.2, -0.15) is 4.98 Å². The highest BCUT2D eigenvalue weighted by Gasteiger charge is 2.09. The van der Waals surface area contributed by atoms with E-state index in [0.29, 0.717) is 5.95 Å². The molecule has 128 valence electrons. The quantitative estimate of drug-likeness (QED) is 0.837. The Bertz CT molecular complexity index is 676. The van der Waals surface area contributed by atoms with Crippen molar-refractivity contribution in [1.82, 2.24) is 14.9 Å². The molecule has 1 saturated heterocycles. The zero-order valence-electron chi connectivity index (χ0n) is 13.8. The average Bonchev–Trinajstić information content (AvgIpc) is 2.60. The first-order valence-corrected chi connectivity index (χ1v) is 8.49. The molecule has 0 spiro atoms. The Morgan fingerprint density at radius 3 is 2.92 bits per heavy atom. The Kier molecular flexibility index (Phi) is 5.85. The lowest BCUT2D eigenvalue weighted by atomic mass is 10.2. The molecule has 1 aromatic carbocycles. The number of aromatic nitrogens is 2. The predicted octanol–water partition coefficient (Wildman–Crippen LogP) is 2.93. The molecule has 2 heterocycles. The maximum Gasteiger partial charge on any atom is 0.229 e. The first-order chi connectivity index (χ1) is 11.7. The monoisotopic (exact) mass is 347 g/mol. The first kappa shape index (κ1) is 17.0. The van der Waals surface area contributed by atoms with Crippen LogP contribution in [0, 0.1) is 6.92 Å². The van der Waals surface area contributed by atoms with Gasteiger partial charge in [0.25, 0.3) is 0 Å². The molecule has 2 aromatic rings. The van der Waals surface area contributed by atoms with E-state index < -0.39 is 0 Å². The number of nitrogens with one attached hydrogen (secondary N) is 2. The fraction of sp³-hybridized carbons (Fsp3) is 0.412. The average molecular weight is 348 g/mol. The molecule has 7 heteroatoms. The van der Waals surface area contributed by atoms with Gasteiger partial charge in [0, 0.05) is 43.1 Å². The van der Waals surface area contributed by atoms with Crippen LogP contribution in [-0.2, 0) is 4.74 Å².